The van der Waals surface area contributed by atoms with Crippen LogP contribution in [0, 0.1) is 0 Å². The molecule has 0 amide bonds. The summed E-state index contributed by atoms with van der Waals surface area (Å²) in [5.74, 6) is 2.46. The molecule has 3 aliphatic rings. The zero-order valence-corrected chi connectivity index (χ0v) is 37.7. The lowest BCUT2D eigenvalue weighted by Crippen LogP contribution is -2.37. The summed E-state index contributed by atoms with van der Waals surface area (Å²) in [4.78, 5) is 0. The number of para-hydroxylation sites is 3. The zero-order valence-electron chi connectivity index (χ0n) is 38.7. The van der Waals surface area contributed by atoms with Crippen LogP contribution in [0.2, 0.25) is 0 Å². The SMILES string of the molecule is [2H]C1(c2ccc3c(c2-c2cccc(-c4c(-c5ccccc5)c(-c5ccccc5)cc(-c5ccccc5)c4-c4ccccc4)c2)Oc2ccccc2C32c3ccccc3Oc3ccccc32)CCCC1. The second-order valence-electron chi connectivity index (χ2n) is 18.3. The van der Waals surface area contributed by atoms with E-state index in [9.17, 15) is 1.37 Å². The first kappa shape index (κ1) is 39.0. The van der Waals surface area contributed by atoms with Gasteiger partial charge in [0.2, 0.25) is 0 Å². The van der Waals surface area contributed by atoms with E-state index in [2.05, 4.69) is 237 Å². The third-order valence-corrected chi connectivity index (χ3v) is 14.5. The summed E-state index contributed by atoms with van der Waals surface area (Å²) in [5, 5.41) is 0. The highest BCUT2D eigenvalue weighted by Crippen LogP contribution is 2.64. The fourth-order valence-corrected chi connectivity index (χ4v) is 11.6. The highest BCUT2D eigenvalue weighted by atomic mass is 16.5. The molecule has 1 saturated carbocycles. The predicted octanol–water partition coefficient (Wildman–Crippen LogP) is 17.9. The van der Waals surface area contributed by atoms with Crippen LogP contribution in [-0.4, -0.2) is 0 Å². The Balaban J connectivity index is 1.16. The van der Waals surface area contributed by atoms with Gasteiger partial charge in [0.25, 0.3) is 0 Å². The minimum Gasteiger partial charge on any atom is -0.457 e. The van der Waals surface area contributed by atoms with Crippen LogP contribution in [0.25, 0.3) is 66.8 Å². The van der Waals surface area contributed by atoms with Crippen molar-refractivity contribution in [2.24, 2.45) is 0 Å². The third kappa shape index (κ3) is 6.39. The lowest BCUT2D eigenvalue weighted by atomic mass is 9.61. The van der Waals surface area contributed by atoms with E-state index in [1.54, 1.807) is 0 Å². The van der Waals surface area contributed by atoms with Crippen LogP contribution >= 0.6 is 0 Å². The number of hydrogen-bond acceptors (Lipinski definition) is 2. The van der Waals surface area contributed by atoms with Gasteiger partial charge in [-0.05, 0) is 116 Å². The Kier molecular flexibility index (Phi) is 9.52. The molecule has 2 nitrogen and oxygen atoms in total. The summed E-state index contributed by atoms with van der Waals surface area (Å²) in [5.41, 5.74) is 18.0. The summed E-state index contributed by atoms with van der Waals surface area (Å²) in [6.45, 7) is 0. The Hall–Kier alpha value is -8.20. The summed E-state index contributed by atoms with van der Waals surface area (Å²) in [7, 11) is 0. The molecule has 0 atom stereocenters. The molecule has 2 aliphatic heterocycles. The van der Waals surface area contributed by atoms with Crippen LogP contribution in [-0.2, 0) is 5.41 Å². The second-order valence-corrected chi connectivity index (χ2v) is 18.3. The minimum atomic E-state index is -0.794. The van der Waals surface area contributed by atoms with E-state index in [4.69, 9.17) is 9.47 Å². The summed E-state index contributed by atoms with van der Waals surface area (Å²) in [6.07, 6.45) is 3.60. The Bertz CT molecular complexity index is 3390. The molecular weight excluding hydrogens is 825 g/mol. The van der Waals surface area contributed by atoms with Gasteiger partial charge in [-0.25, -0.2) is 0 Å². The molecule has 1 spiro atoms. The molecule has 1 aliphatic carbocycles. The van der Waals surface area contributed by atoms with Crippen LogP contribution in [0.15, 0.2) is 237 Å². The van der Waals surface area contributed by atoms with Crippen molar-refractivity contribution in [3.8, 4) is 89.8 Å². The average Bonchev–Trinajstić information content (AvgIpc) is 3.88. The first-order valence-corrected chi connectivity index (χ1v) is 24.0. The fraction of sp³-hybridized carbons (Fsp3) is 0.0909. The standard InChI is InChI=1S/C66H48O2/c1-5-22-45(23-6-1)52-43-53(46-24-7-2-8-25-46)62(48-30-11-4-12-31-48)64(61(52)47-28-9-3-10-29-47)50-33-21-32-49(42-50)63-51(44-26-13-14-27-44)40-41-57-65(63)68-60-39-20-17-36-56(60)66(57)54-34-15-18-37-58(54)67-59-38-19-16-35-55(59)66/h1-12,15-25,28-44H,13-14,26-27H2/i44D. The van der Waals surface area contributed by atoms with E-state index < -0.39 is 11.3 Å². The minimum absolute atomic E-state index is 0.763. The number of rotatable bonds is 7. The molecule has 2 heteroatoms. The predicted molar refractivity (Wildman–Crippen MR) is 279 cm³/mol. The molecule has 1 fully saturated rings. The van der Waals surface area contributed by atoms with Crippen molar-refractivity contribution < 1.29 is 10.8 Å². The molecule has 0 saturated heterocycles. The van der Waals surface area contributed by atoms with Crippen molar-refractivity contribution >= 4 is 0 Å². The van der Waals surface area contributed by atoms with E-state index in [0.717, 1.165) is 132 Å². The molecule has 324 valence electrons. The van der Waals surface area contributed by atoms with E-state index in [1.807, 2.05) is 0 Å². The van der Waals surface area contributed by atoms with E-state index >= 15 is 0 Å². The van der Waals surface area contributed by atoms with Crippen LogP contribution in [0.1, 0.15) is 60.8 Å². The topological polar surface area (TPSA) is 18.5 Å². The summed E-state index contributed by atoms with van der Waals surface area (Å²) < 4.78 is 24.5. The Morgan fingerprint density at radius 3 is 1.25 bits per heavy atom. The maximum atomic E-state index is 10.3. The summed E-state index contributed by atoms with van der Waals surface area (Å²) in [6, 6.07) is 85.0. The number of hydrogen-bond donors (Lipinski definition) is 0. The first-order valence-electron chi connectivity index (χ1n) is 24.5. The van der Waals surface area contributed by atoms with Gasteiger partial charge in [-0.2, -0.15) is 0 Å². The van der Waals surface area contributed by atoms with Crippen molar-refractivity contribution in [3.05, 3.63) is 264 Å². The van der Waals surface area contributed by atoms with E-state index in [0.29, 0.717) is 0 Å². The third-order valence-electron chi connectivity index (χ3n) is 14.5. The van der Waals surface area contributed by atoms with Crippen molar-refractivity contribution in [2.75, 3.05) is 0 Å². The zero-order chi connectivity index (χ0) is 45.9. The van der Waals surface area contributed by atoms with E-state index in [-0.39, 0.29) is 0 Å². The summed E-state index contributed by atoms with van der Waals surface area (Å²) >= 11 is 0. The monoisotopic (exact) mass is 873 g/mol. The largest absolute Gasteiger partial charge is 0.457 e. The highest BCUT2D eigenvalue weighted by Gasteiger charge is 2.51. The van der Waals surface area contributed by atoms with Crippen LogP contribution in [0.4, 0.5) is 0 Å². The van der Waals surface area contributed by atoms with Crippen LogP contribution in [0.3, 0.4) is 0 Å². The Morgan fingerprint density at radius 2 is 0.750 bits per heavy atom. The molecule has 13 rings (SSSR count). The van der Waals surface area contributed by atoms with Crippen molar-refractivity contribution in [2.45, 2.75) is 37.0 Å². The fourth-order valence-electron chi connectivity index (χ4n) is 11.6. The second kappa shape index (κ2) is 16.6. The van der Waals surface area contributed by atoms with Gasteiger partial charge in [-0.1, -0.05) is 219 Å². The molecule has 0 unspecified atom stereocenters. The van der Waals surface area contributed by atoms with Gasteiger partial charge >= 0.3 is 0 Å². The molecule has 68 heavy (non-hydrogen) atoms. The normalized spacial score (nSPS) is 14.9. The Morgan fingerprint density at radius 1 is 0.338 bits per heavy atom. The Labute approximate surface area is 400 Å². The number of benzene rings is 10. The van der Waals surface area contributed by atoms with Crippen molar-refractivity contribution in [1.29, 1.82) is 0 Å². The quantitative estimate of drug-likeness (QED) is 0.159. The molecule has 0 aromatic heterocycles. The lowest BCUT2D eigenvalue weighted by molar-refractivity contribution is 0.399. The number of ether oxygens (including phenoxy) is 2. The van der Waals surface area contributed by atoms with Crippen molar-refractivity contribution in [3.63, 3.8) is 0 Å². The smallest absolute Gasteiger partial charge is 0.140 e. The van der Waals surface area contributed by atoms with Gasteiger partial charge in [0.1, 0.15) is 23.0 Å². The number of fused-ring (bicyclic) bond motifs is 8. The lowest BCUT2D eigenvalue weighted by Gasteiger charge is -2.45. The van der Waals surface area contributed by atoms with Crippen LogP contribution in [0.5, 0.6) is 23.0 Å². The van der Waals surface area contributed by atoms with Gasteiger partial charge in [0.05, 0.1) is 5.41 Å². The molecule has 0 radical (unpaired) electrons. The van der Waals surface area contributed by atoms with E-state index in [1.165, 1.54) is 11.1 Å². The first-order chi connectivity index (χ1) is 34.1. The van der Waals surface area contributed by atoms with Gasteiger partial charge in [0.15, 0.2) is 0 Å². The van der Waals surface area contributed by atoms with Crippen molar-refractivity contribution in [1.82, 2.24) is 0 Å². The molecular formula is C66H48O2. The maximum absolute atomic E-state index is 10.3. The highest BCUT2D eigenvalue weighted by molar-refractivity contribution is 6.08. The van der Waals surface area contributed by atoms with Gasteiger partial charge < -0.3 is 9.47 Å². The average molecular weight is 874 g/mol. The van der Waals surface area contributed by atoms with Crippen LogP contribution < -0.4 is 9.47 Å². The van der Waals surface area contributed by atoms with Gasteiger partial charge in [0, 0.05) is 29.2 Å². The molecule has 10 aromatic carbocycles. The molecule has 2 heterocycles. The van der Waals surface area contributed by atoms with Gasteiger partial charge in [-0.15, -0.1) is 0 Å². The molecule has 0 bridgehead atoms. The van der Waals surface area contributed by atoms with Gasteiger partial charge in [-0.3, -0.25) is 0 Å². The molecule has 10 aromatic rings. The maximum Gasteiger partial charge on any atom is 0.140 e. The molecule has 0 N–H and O–H groups in total.